The van der Waals surface area contributed by atoms with Crippen molar-refractivity contribution < 1.29 is 4.79 Å². The smallest absolute Gasteiger partial charge is 0.214 e. The van der Waals surface area contributed by atoms with Gasteiger partial charge in [-0.25, -0.2) is 0 Å². The van der Waals surface area contributed by atoms with Crippen molar-refractivity contribution in [3.63, 3.8) is 0 Å². The number of benzene rings is 2. The lowest BCUT2D eigenvalue weighted by atomic mass is 9.92. The van der Waals surface area contributed by atoms with Crippen molar-refractivity contribution in [1.82, 2.24) is 9.88 Å². The van der Waals surface area contributed by atoms with Gasteiger partial charge in [-0.05, 0) is 68.4 Å². The van der Waals surface area contributed by atoms with Gasteiger partial charge in [0.25, 0.3) is 0 Å². The first kappa shape index (κ1) is 25.9. The molecule has 0 unspecified atom stereocenters. The number of halogens is 1. The van der Waals surface area contributed by atoms with Gasteiger partial charge in [0.05, 0.1) is 12.1 Å². The molecular weight excluding hydrogens is 494 g/mol. The van der Waals surface area contributed by atoms with Crippen molar-refractivity contribution in [2.75, 3.05) is 17.6 Å². The van der Waals surface area contributed by atoms with E-state index in [-0.39, 0.29) is 0 Å². The monoisotopic (exact) mass is 525 g/mol. The minimum absolute atomic E-state index is 0.577. The first-order valence-electron chi connectivity index (χ1n) is 12.2. The number of aromatic nitrogens is 1. The van der Waals surface area contributed by atoms with E-state index in [1.54, 1.807) is 10.8 Å². The van der Waals surface area contributed by atoms with E-state index in [0.717, 1.165) is 60.1 Å². The Balaban J connectivity index is 1.57. The molecule has 184 valence electrons. The van der Waals surface area contributed by atoms with E-state index in [2.05, 4.69) is 37.4 Å². The van der Waals surface area contributed by atoms with Crippen LogP contribution in [0.4, 0.5) is 5.69 Å². The van der Waals surface area contributed by atoms with E-state index in [1.165, 1.54) is 34.7 Å². The summed E-state index contributed by atoms with van der Waals surface area (Å²) in [5.74, 6) is 1.01. The maximum atomic E-state index is 12.0. The lowest BCUT2D eigenvalue weighted by Crippen LogP contribution is -2.21. The third-order valence-corrected chi connectivity index (χ3v) is 9.27. The summed E-state index contributed by atoms with van der Waals surface area (Å²) >= 11 is 6.28. The molecule has 7 heteroatoms. The molecule has 0 atom stereocenters. The molecule has 1 aliphatic carbocycles. The van der Waals surface area contributed by atoms with Crippen LogP contribution < -0.4 is 5.32 Å². The van der Waals surface area contributed by atoms with Gasteiger partial charge < -0.3 is 10.2 Å². The molecule has 0 radical (unpaired) electrons. The average molecular weight is 526 g/mol. The number of aryl methyl sites for hydroxylation is 1. The van der Waals surface area contributed by atoms with Gasteiger partial charge in [-0.3, -0.25) is 9.78 Å². The summed E-state index contributed by atoms with van der Waals surface area (Å²) in [6, 6.07) is 16.1. The predicted molar refractivity (Wildman–Crippen MR) is 153 cm³/mol. The summed E-state index contributed by atoms with van der Waals surface area (Å²) in [7, 11) is 3.60. The highest BCUT2D eigenvalue weighted by Crippen LogP contribution is 2.37. The molecule has 35 heavy (non-hydrogen) atoms. The van der Waals surface area contributed by atoms with Gasteiger partial charge in [0, 0.05) is 44.7 Å². The van der Waals surface area contributed by atoms with Crippen LogP contribution in [-0.2, 0) is 24.2 Å². The number of carbonyl (C=O) groups is 1. The molecule has 3 aromatic rings. The third-order valence-electron chi connectivity index (χ3n) is 6.31. The van der Waals surface area contributed by atoms with Crippen LogP contribution in [0.25, 0.3) is 10.9 Å². The molecule has 0 aliphatic heterocycles. The summed E-state index contributed by atoms with van der Waals surface area (Å²) in [6.07, 6.45) is 6.25. The Morgan fingerprint density at radius 1 is 1.17 bits per heavy atom. The number of hydrogen-bond acceptors (Lipinski definition) is 5. The molecule has 0 bridgehead atoms. The molecule has 4 rings (SSSR count). The minimum atomic E-state index is 0.577. The normalized spacial score (nSPS) is 13.8. The molecular formula is C28H32ClN3OS2. The van der Waals surface area contributed by atoms with E-state index in [4.69, 9.17) is 16.6 Å². The maximum absolute atomic E-state index is 12.0. The van der Waals surface area contributed by atoms with Gasteiger partial charge in [0.15, 0.2) is 0 Å². The largest absolute Gasteiger partial charge is 0.384 e. The molecule has 0 spiro atoms. The molecule has 0 fully saturated rings. The molecule has 1 amide bonds. The second-order valence-corrected chi connectivity index (χ2v) is 11.8. The number of amides is 1. The summed E-state index contributed by atoms with van der Waals surface area (Å²) in [5.41, 5.74) is 6.85. The van der Waals surface area contributed by atoms with Crippen LogP contribution in [0.5, 0.6) is 0 Å². The number of pyridine rings is 1. The first-order chi connectivity index (χ1) is 17.1. The Morgan fingerprint density at radius 2 is 1.97 bits per heavy atom. The second kappa shape index (κ2) is 12.7. The van der Waals surface area contributed by atoms with Gasteiger partial charge >= 0.3 is 0 Å². The molecule has 0 saturated heterocycles. The second-order valence-electron chi connectivity index (χ2n) is 8.67. The van der Waals surface area contributed by atoms with Crippen LogP contribution in [0, 0.1) is 0 Å². The van der Waals surface area contributed by atoms with E-state index in [9.17, 15) is 4.79 Å². The van der Waals surface area contributed by atoms with E-state index in [1.807, 2.05) is 46.0 Å². The van der Waals surface area contributed by atoms with Gasteiger partial charge in [0.1, 0.15) is 0 Å². The zero-order valence-electron chi connectivity index (χ0n) is 20.4. The van der Waals surface area contributed by atoms with Gasteiger partial charge in [-0.1, -0.05) is 70.4 Å². The average Bonchev–Trinajstić information content (AvgIpc) is 2.88. The summed E-state index contributed by atoms with van der Waals surface area (Å²) in [5, 5.41) is 5.60. The van der Waals surface area contributed by atoms with Gasteiger partial charge in [-0.15, -0.1) is 0 Å². The lowest BCUT2D eigenvalue weighted by molar-refractivity contribution is -0.116. The summed E-state index contributed by atoms with van der Waals surface area (Å²) < 4.78 is 0. The van der Waals surface area contributed by atoms with Crippen molar-refractivity contribution >= 4 is 56.2 Å². The summed E-state index contributed by atoms with van der Waals surface area (Å²) in [4.78, 5) is 20.0. The maximum Gasteiger partial charge on any atom is 0.214 e. The van der Waals surface area contributed by atoms with Crippen molar-refractivity contribution in [3.05, 3.63) is 81.0 Å². The summed E-state index contributed by atoms with van der Waals surface area (Å²) in [6.45, 7) is 5.58. The predicted octanol–water partition coefficient (Wildman–Crippen LogP) is 7.86. The Hall–Kier alpha value is -2.15. The van der Waals surface area contributed by atoms with Crippen LogP contribution in [0.1, 0.15) is 49.9 Å². The lowest BCUT2D eigenvalue weighted by Gasteiger charge is -2.24. The Morgan fingerprint density at radius 3 is 2.74 bits per heavy atom. The Labute approximate surface area is 221 Å². The number of rotatable bonds is 11. The van der Waals surface area contributed by atoms with Gasteiger partial charge in [0.2, 0.25) is 6.41 Å². The van der Waals surface area contributed by atoms with E-state index >= 15 is 0 Å². The van der Waals surface area contributed by atoms with Crippen molar-refractivity contribution in [2.45, 2.75) is 52.5 Å². The quantitative estimate of drug-likeness (QED) is 0.204. The van der Waals surface area contributed by atoms with Gasteiger partial charge in [-0.2, -0.15) is 0 Å². The molecule has 1 heterocycles. The zero-order valence-corrected chi connectivity index (χ0v) is 22.7. The fourth-order valence-electron chi connectivity index (χ4n) is 4.49. The standard InChI is InChI=1S/C28H32ClN3OS2/c1-3-34-35-27(20(2)32(19-33)18-21-9-5-4-6-10-21)15-16-30-28-23-11-7-8-12-25(23)31-26-17-22(29)13-14-24(26)28/h4-6,9-10,13-14,17,19H,3,7-8,11-12,15-16,18H2,1-2H3,(H,30,31). The van der Waals surface area contributed by atoms with Crippen LogP contribution in [0.2, 0.25) is 5.02 Å². The third kappa shape index (κ3) is 6.54. The Kier molecular flexibility index (Phi) is 9.41. The first-order valence-corrected chi connectivity index (χ1v) is 14.9. The highest BCUT2D eigenvalue weighted by Gasteiger charge is 2.19. The van der Waals surface area contributed by atoms with Crippen molar-refractivity contribution in [2.24, 2.45) is 0 Å². The molecule has 1 N–H and O–H groups in total. The number of allylic oxidation sites excluding steroid dienone is 1. The Bertz CT molecular complexity index is 1200. The van der Waals surface area contributed by atoms with E-state index < -0.39 is 0 Å². The minimum Gasteiger partial charge on any atom is -0.384 e. The topological polar surface area (TPSA) is 45.2 Å². The van der Waals surface area contributed by atoms with Crippen molar-refractivity contribution in [3.8, 4) is 0 Å². The number of fused-ring (bicyclic) bond motifs is 2. The molecule has 1 aromatic heterocycles. The zero-order chi connectivity index (χ0) is 24.6. The fourth-order valence-corrected chi connectivity index (χ4v) is 6.73. The fraction of sp³-hybridized carbons (Fsp3) is 0.357. The highest BCUT2D eigenvalue weighted by atomic mass is 35.5. The molecule has 4 nitrogen and oxygen atoms in total. The van der Waals surface area contributed by atoms with Crippen LogP contribution >= 0.6 is 33.2 Å². The molecule has 2 aromatic carbocycles. The van der Waals surface area contributed by atoms with Crippen LogP contribution in [0.3, 0.4) is 0 Å². The SMILES string of the molecule is CCSSC(CCNc1c2c(nc3cc(Cl)ccc13)CCCC2)=C(C)N(C=O)Cc1ccccc1. The van der Waals surface area contributed by atoms with Crippen molar-refractivity contribution in [1.29, 1.82) is 0 Å². The highest BCUT2D eigenvalue weighted by molar-refractivity contribution is 8.78. The molecule has 0 saturated carbocycles. The van der Waals surface area contributed by atoms with E-state index in [0.29, 0.717) is 11.6 Å². The van der Waals surface area contributed by atoms with Crippen LogP contribution in [-0.4, -0.2) is 28.6 Å². The van der Waals surface area contributed by atoms with Crippen LogP contribution in [0.15, 0.2) is 59.1 Å². The number of hydrogen-bond donors (Lipinski definition) is 1. The molecule has 1 aliphatic rings. The number of nitrogens with one attached hydrogen (secondary N) is 1. The number of anilines is 1. The number of carbonyl (C=O) groups excluding carboxylic acids is 1. The number of nitrogens with zero attached hydrogens (tertiary/aromatic N) is 2.